The fourth-order valence-electron chi connectivity index (χ4n) is 2.73. The van der Waals surface area contributed by atoms with Gasteiger partial charge in [-0.15, -0.1) is 0 Å². The molecule has 0 radical (unpaired) electrons. The van der Waals surface area contributed by atoms with Gasteiger partial charge >= 0.3 is 0 Å². The number of aliphatic imine (C=N–C) groups is 1. The number of hydrogen-bond acceptors (Lipinski definition) is 7. The highest BCUT2D eigenvalue weighted by Gasteiger charge is 2.33. The van der Waals surface area contributed by atoms with Gasteiger partial charge in [-0.1, -0.05) is 0 Å². The van der Waals surface area contributed by atoms with E-state index in [0.29, 0.717) is 17.4 Å². The maximum atomic E-state index is 13.1. The summed E-state index contributed by atoms with van der Waals surface area (Å²) in [6, 6.07) is 7.82. The quantitative estimate of drug-likeness (QED) is 0.411. The van der Waals surface area contributed by atoms with E-state index in [2.05, 4.69) is 4.99 Å². The molecule has 3 rings (SSSR count). The lowest BCUT2D eigenvalue weighted by Gasteiger charge is -2.12. The van der Waals surface area contributed by atoms with Gasteiger partial charge in [0.2, 0.25) is 0 Å². The van der Waals surface area contributed by atoms with Gasteiger partial charge in [-0.25, -0.2) is 9.38 Å². The number of thioether (sulfide) groups is 1. The Hall–Kier alpha value is -3.40. The maximum Gasteiger partial charge on any atom is 0.274 e. The van der Waals surface area contributed by atoms with E-state index in [1.54, 1.807) is 13.8 Å². The summed E-state index contributed by atoms with van der Waals surface area (Å²) in [5.41, 5.74) is 0.289. The lowest BCUT2D eigenvalue weighted by atomic mass is 10.1. The maximum absolute atomic E-state index is 13.1. The first kappa shape index (κ1) is 21.3. The van der Waals surface area contributed by atoms with Crippen LogP contribution >= 0.6 is 11.8 Å². The second-order valence-electron chi connectivity index (χ2n) is 6.10. The number of rotatable bonds is 6. The summed E-state index contributed by atoms with van der Waals surface area (Å²) in [4.78, 5) is 29.5. The monoisotopic (exact) mass is 431 g/mol. The third kappa shape index (κ3) is 4.43. The van der Waals surface area contributed by atoms with E-state index in [1.165, 1.54) is 41.3 Å². The number of carbonyl (C=O) groups is 1. The number of nitro benzene ring substituents is 1. The fraction of sp³-hybridized carbons (Fsp3) is 0.200. The zero-order chi connectivity index (χ0) is 21.8. The second-order valence-corrected chi connectivity index (χ2v) is 7.11. The molecule has 0 spiro atoms. The number of aromatic hydroxyl groups is 1. The van der Waals surface area contributed by atoms with Crippen LogP contribution in [0.4, 0.5) is 15.8 Å². The molecule has 30 heavy (non-hydrogen) atoms. The topological polar surface area (TPSA) is 105 Å². The first-order chi connectivity index (χ1) is 14.3. The van der Waals surface area contributed by atoms with Gasteiger partial charge in [0.25, 0.3) is 11.6 Å². The Labute approximate surface area is 175 Å². The summed E-state index contributed by atoms with van der Waals surface area (Å²) < 4.78 is 18.4. The number of amides is 1. The number of hydrogen-bond donors (Lipinski definition) is 1. The molecule has 1 heterocycles. The van der Waals surface area contributed by atoms with Crippen molar-refractivity contribution in [3.8, 4) is 11.5 Å². The minimum atomic E-state index is -0.604. The van der Waals surface area contributed by atoms with Crippen molar-refractivity contribution in [1.29, 1.82) is 0 Å². The Kier molecular flexibility index (Phi) is 6.36. The van der Waals surface area contributed by atoms with Crippen molar-refractivity contribution in [2.75, 3.05) is 13.2 Å². The highest BCUT2D eigenvalue weighted by atomic mass is 32.2. The molecule has 0 aliphatic carbocycles. The molecular formula is C20H18FN3O5S. The number of non-ortho nitro benzene ring substituents is 1. The van der Waals surface area contributed by atoms with E-state index >= 15 is 0 Å². The molecule has 8 nitrogen and oxygen atoms in total. The summed E-state index contributed by atoms with van der Waals surface area (Å²) in [7, 11) is 0. The average molecular weight is 431 g/mol. The number of phenolic OH excluding ortho intramolecular Hbond substituents is 1. The predicted octanol–water partition coefficient (Wildman–Crippen LogP) is 4.46. The van der Waals surface area contributed by atoms with Gasteiger partial charge in [-0.05, 0) is 56.0 Å². The summed E-state index contributed by atoms with van der Waals surface area (Å²) >= 11 is 1.06. The van der Waals surface area contributed by atoms with Crippen LogP contribution < -0.4 is 4.74 Å². The Morgan fingerprint density at radius 3 is 2.60 bits per heavy atom. The van der Waals surface area contributed by atoms with Crippen molar-refractivity contribution in [1.82, 2.24) is 4.90 Å². The van der Waals surface area contributed by atoms with Gasteiger partial charge in [-0.2, -0.15) is 0 Å². The van der Waals surface area contributed by atoms with E-state index in [-0.39, 0.29) is 40.2 Å². The molecule has 156 valence electrons. The highest BCUT2D eigenvalue weighted by molar-refractivity contribution is 8.18. The van der Waals surface area contributed by atoms with E-state index in [1.807, 2.05) is 0 Å². The van der Waals surface area contributed by atoms with Crippen LogP contribution in [-0.2, 0) is 4.79 Å². The first-order valence-corrected chi connectivity index (χ1v) is 9.85. The molecule has 0 atom stereocenters. The molecule has 1 saturated heterocycles. The Bertz CT molecular complexity index is 1050. The van der Waals surface area contributed by atoms with Crippen LogP contribution in [0.3, 0.4) is 0 Å². The molecular weight excluding hydrogens is 413 g/mol. The molecule has 0 bridgehead atoms. The zero-order valence-corrected chi connectivity index (χ0v) is 17.0. The number of halogens is 1. The van der Waals surface area contributed by atoms with Gasteiger partial charge in [0.1, 0.15) is 5.82 Å². The van der Waals surface area contributed by atoms with Crippen LogP contribution in [0.2, 0.25) is 0 Å². The van der Waals surface area contributed by atoms with Gasteiger partial charge < -0.3 is 9.84 Å². The molecule has 0 aromatic heterocycles. The van der Waals surface area contributed by atoms with E-state index in [9.17, 15) is 24.4 Å². The van der Waals surface area contributed by atoms with Crippen LogP contribution in [-0.4, -0.2) is 39.2 Å². The summed E-state index contributed by atoms with van der Waals surface area (Å²) in [6.07, 6.45) is 1.37. The molecule has 1 fully saturated rings. The lowest BCUT2D eigenvalue weighted by Crippen LogP contribution is -2.28. The van der Waals surface area contributed by atoms with Gasteiger partial charge in [0.05, 0.1) is 28.2 Å². The number of nitrogens with zero attached hydrogens (tertiary/aromatic N) is 3. The predicted molar refractivity (Wildman–Crippen MR) is 112 cm³/mol. The van der Waals surface area contributed by atoms with Crippen molar-refractivity contribution in [2.45, 2.75) is 13.8 Å². The van der Waals surface area contributed by atoms with Crippen molar-refractivity contribution >= 4 is 40.3 Å². The fourth-order valence-corrected chi connectivity index (χ4v) is 3.79. The smallest absolute Gasteiger partial charge is 0.274 e. The Balaban J connectivity index is 2.02. The number of likely N-dealkylation sites (N-methyl/N-ethyl adjacent to an activating group) is 1. The van der Waals surface area contributed by atoms with E-state index in [4.69, 9.17) is 4.74 Å². The largest absolute Gasteiger partial charge is 0.504 e. The van der Waals surface area contributed by atoms with Gasteiger partial charge in [0.15, 0.2) is 16.7 Å². The van der Waals surface area contributed by atoms with Crippen molar-refractivity contribution < 1.29 is 24.0 Å². The average Bonchev–Trinajstić information content (AvgIpc) is 3.00. The number of amidine groups is 1. The summed E-state index contributed by atoms with van der Waals surface area (Å²) in [5.74, 6) is -1.09. The zero-order valence-electron chi connectivity index (χ0n) is 16.2. The van der Waals surface area contributed by atoms with Crippen molar-refractivity contribution in [3.63, 3.8) is 0 Å². The molecule has 1 amide bonds. The third-order valence-corrected chi connectivity index (χ3v) is 5.15. The minimum Gasteiger partial charge on any atom is -0.504 e. The summed E-state index contributed by atoms with van der Waals surface area (Å²) in [5, 5.41) is 22.0. The second kappa shape index (κ2) is 8.95. The number of phenols is 1. The molecule has 2 aromatic rings. The molecule has 1 N–H and O–H groups in total. The lowest BCUT2D eigenvalue weighted by molar-refractivity contribution is -0.385. The molecule has 0 saturated carbocycles. The Morgan fingerprint density at radius 2 is 2.00 bits per heavy atom. The van der Waals surface area contributed by atoms with E-state index in [0.717, 1.165) is 17.8 Å². The minimum absolute atomic E-state index is 0.0402. The number of nitro groups is 1. The standard InChI is InChI=1S/C20H18FN3O5S/c1-3-23-19(26)17(30-20(23)22-14-7-5-13(21)6-8-14)10-12-9-15(24(27)28)11-16(18(12)25)29-4-2/h5-11,25H,3-4H2,1-2H3/b17-10+,22-20?. The third-order valence-electron chi connectivity index (χ3n) is 4.14. The number of carbonyl (C=O) groups excluding carboxylic acids is 1. The normalized spacial score (nSPS) is 16.5. The van der Waals surface area contributed by atoms with Crippen LogP contribution in [0, 0.1) is 15.9 Å². The first-order valence-electron chi connectivity index (χ1n) is 9.03. The number of benzene rings is 2. The summed E-state index contributed by atoms with van der Waals surface area (Å²) in [6.45, 7) is 4.01. The van der Waals surface area contributed by atoms with Gasteiger partial charge in [-0.3, -0.25) is 19.8 Å². The molecule has 1 aliphatic heterocycles. The highest BCUT2D eigenvalue weighted by Crippen LogP contribution is 2.39. The van der Waals surface area contributed by atoms with E-state index < -0.39 is 10.7 Å². The Morgan fingerprint density at radius 1 is 1.30 bits per heavy atom. The number of ether oxygens (including phenoxy) is 1. The van der Waals surface area contributed by atoms with Gasteiger partial charge in [0, 0.05) is 18.2 Å². The molecule has 10 heteroatoms. The van der Waals surface area contributed by atoms with Crippen LogP contribution in [0.25, 0.3) is 6.08 Å². The molecule has 1 aliphatic rings. The SMILES string of the molecule is CCOc1cc([N+](=O)[O-])cc(/C=C2/SC(=Nc3ccc(F)cc3)N(CC)C2=O)c1O. The van der Waals surface area contributed by atoms with Crippen molar-refractivity contribution in [3.05, 3.63) is 62.8 Å². The van der Waals surface area contributed by atoms with Crippen LogP contribution in [0.5, 0.6) is 11.5 Å². The van der Waals surface area contributed by atoms with Crippen LogP contribution in [0.15, 0.2) is 46.3 Å². The molecule has 2 aromatic carbocycles. The van der Waals surface area contributed by atoms with Crippen molar-refractivity contribution in [2.24, 2.45) is 4.99 Å². The van der Waals surface area contributed by atoms with Crippen LogP contribution in [0.1, 0.15) is 19.4 Å². The molecule has 0 unspecified atom stereocenters.